The van der Waals surface area contributed by atoms with E-state index in [1.807, 2.05) is 37.3 Å². The number of sulfonamides is 1. The Bertz CT molecular complexity index is 1250. The van der Waals surface area contributed by atoms with Crippen LogP contribution in [0.2, 0.25) is 0 Å². The molecule has 1 fully saturated rings. The van der Waals surface area contributed by atoms with E-state index in [2.05, 4.69) is 17.4 Å². The zero-order valence-electron chi connectivity index (χ0n) is 20.6. The molecule has 0 saturated carbocycles. The molecule has 0 radical (unpaired) electrons. The summed E-state index contributed by atoms with van der Waals surface area (Å²) < 4.78 is 39.2. The number of rotatable bonds is 9. The van der Waals surface area contributed by atoms with Crippen LogP contribution in [0, 0.1) is 6.92 Å². The molecular formula is C28H32N2O5S. The van der Waals surface area contributed by atoms with Crippen molar-refractivity contribution in [2.24, 2.45) is 0 Å². The summed E-state index contributed by atoms with van der Waals surface area (Å²) in [5.41, 5.74) is 2.32. The molecule has 8 heteroatoms. The minimum Gasteiger partial charge on any atom is -0.497 e. The van der Waals surface area contributed by atoms with Gasteiger partial charge in [-0.05, 0) is 61.7 Å². The first-order valence-corrected chi connectivity index (χ1v) is 13.4. The highest BCUT2D eigenvalue weighted by Gasteiger charge is 2.35. The Labute approximate surface area is 213 Å². The largest absolute Gasteiger partial charge is 0.497 e. The third kappa shape index (κ3) is 5.71. The summed E-state index contributed by atoms with van der Waals surface area (Å²) in [6.07, 6.45) is 1.56. The van der Waals surface area contributed by atoms with Gasteiger partial charge in [-0.25, -0.2) is 8.42 Å². The topological polar surface area (TPSA) is 84.9 Å². The number of anilines is 1. The Hall–Kier alpha value is -3.36. The van der Waals surface area contributed by atoms with Gasteiger partial charge < -0.3 is 14.8 Å². The van der Waals surface area contributed by atoms with Crippen LogP contribution in [0.5, 0.6) is 5.75 Å². The van der Waals surface area contributed by atoms with Crippen molar-refractivity contribution in [3.8, 4) is 5.75 Å². The van der Waals surface area contributed by atoms with Crippen molar-refractivity contribution in [2.45, 2.75) is 30.1 Å². The molecular weight excluding hydrogens is 476 g/mol. The molecule has 36 heavy (non-hydrogen) atoms. The second-order valence-electron chi connectivity index (χ2n) is 9.06. The Balaban J connectivity index is 1.57. The number of benzene rings is 3. The summed E-state index contributed by atoms with van der Waals surface area (Å²) in [4.78, 5) is 13.3. The fourth-order valence-electron chi connectivity index (χ4n) is 4.48. The predicted molar refractivity (Wildman–Crippen MR) is 140 cm³/mol. The maximum absolute atomic E-state index is 13.6. The number of amides is 1. The number of nitrogens with one attached hydrogen (secondary N) is 1. The van der Waals surface area contributed by atoms with Crippen LogP contribution in [0.25, 0.3) is 0 Å². The van der Waals surface area contributed by atoms with Gasteiger partial charge in [0, 0.05) is 25.2 Å². The summed E-state index contributed by atoms with van der Waals surface area (Å²) >= 11 is 0. The van der Waals surface area contributed by atoms with E-state index in [-0.39, 0.29) is 22.8 Å². The van der Waals surface area contributed by atoms with Crippen molar-refractivity contribution >= 4 is 21.6 Å². The summed E-state index contributed by atoms with van der Waals surface area (Å²) in [7, 11) is -2.48. The zero-order valence-corrected chi connectivity index (χ0v) is 21.5. The first-order chi connectivity index (χ1) is 17.3. The van der Waals surface area contributed by atoms with Gasteiger partial charge in [0.1, 0.15) is 12.3 Å². The highest BCUT2D eigenvalue weighted by atomic mass is 32.2. The molecule has 0 atom stereocenters. The van der Waals surface area contributed by atoms with E-state index in [4.69, 9.17) is 9.47 Å². The van der Waals surface area contributed by atoms with E-state index in [9.17, 15) is 13.2 Å². The lowest BCUT2D eigenvalue weighted by Gasteiger charge is -2.38. The van der Waals surface area contributed by atoms with Crippen LogP contribution in [0.4, 0.5) is 5.69 Å². The molecule has 1 heterocycles. The number of hydrogen-bond acceptors (Lipinski definition) is 5. The monoisotopic (exact) mass is 508 g/mol. The Kier molecular flexibility index (Phi) is 7.96. The second kappa shape index (κ2) is 11.1. The van der Waals surface area contributed by atoms with Crippen molar-refractivity contribution in [2.75, 3.05) is 37.7 Å². The lowest BCUT2D eigenvalue weighted by Crippen LogP contribution is -2.48. The van der Waals surface area contributed by atoms with Crippen LogP contribution in [-0.2, 0) is 25.0 Å². The Morgan fingerprint density at radius 3 is 2.22 bits per heavy atom. The molecule has 3 aromatic carbocycles. The molecule has 3 aromatic rings. The van der Waals surface area contributed by atoms with Crippen molar-refractivity contribution in [3.05, 3.63) is 90.0 Å². The molecule has 190 valence electrons. The highest BCUT2D eigenvalue weighted by molar-refractivity contribution is 7.92. The maximum atomic E-state index is 13.6. The van der Waals surface area contributed by atoms with Gasteiger partial charge in [-0.1, -0.05) is 48.0 Å². The fraction of sp³-hybridized carbons (Fsp3) is 0.321. The summed E-state index contributed by atoms with van der Waals surface area (Å²) in [6.45, 7) is 3.23. The number of aryl methyl sites for hydroxylation is 1. The van der Waals surface area contributed by atoms with Gasteiger partial charge >= 0.3 is 0 Å². The number of methoxy groups -OCH3 is 1. The van der Waals surface area contributed by atoms with E-state index in [0.717, 1.165) is 28.3 Å². The SMILES string of the molecule is COc1ccc(S(=O)(=O)N(CC(=O)NCC2(c3ccccc3)CCOCC2)c2ccc(C)cc2)cc1. The molecule has 1 saturated heterocycles. The molecule has 0 bridgehead atoms. The van der Waals surface area contributed by atoms with Crippen LogP contribution in [0.15, 0.2) is 83.8 Å². The lowest BCUT2D eigenvalue weighted by molar-refractivity contribution is -0.120. The van der Waals surface area contributed by atoms with Crippen molar-refractivity contribution in [1.29, 1.82) is 0 Å². The van der Waals surface area contributed by atoms with Gasteiger partial charge in [-0.15, -0.1) is 0 Å². The molecule has 0 aromatic heterocycles. The van der Waals surface area contributed by atoms with E-state index >= 15 is 0 Å². The summed E-state index contributed by atoms with van der Waals surface area (Å²) in [5.74, 6) is 0.186. The van der Waals surface area contributed by atoms with Gasteiger partial charge in [-0.3, -0.25) is 9.10 Å². The zero-order chi connectivity index (χ0) is 25.6. The van der Waals surface area contributed by atoms with Crippen molar-refractivity contribution in [1.82, 2.24) is 5.32 Å². The summed E-state index contributed by atoms with van der Waals surface area (Å²) in [6, 6.07) is 23.4. The quantitative estimate of drug-likeness (QED) is 0.471. The standard InChI is InChI=1S/C28H32N2O5S/c1-22-8-10-24(11-9-22)30(36(32,33)26-14-12-25(34-2)13-15-26)20-27(31)29-21-28(16-18-35-19-17-28)23-6-4-3-5-7-23/h3-15H,16-21H2,1-2H3,(H,29,31). The average molecular weight is 509 g/mol. The first-order valence-electron chi connectivity index (χ1n) is 12.0. The molecule has 0 aliphatic carbocycles. The van der Waals surface area contributed by atoms with Crippen LogP contribution in [-0.4, -0.2) is 47.7 Å². The molecule has 1 aliphatic heterocycles. The second-order valence-corrected chi connectivity index (χ2v) is 10.9. The van der Waals surface area contributed by atoms with Crippen LogP contribution in [0.1, 0.15) is 24.0 Å². The third-order valence-corrected chi connectivity index (χ3v) is 8.50. The molecule has 0 unspecified atom stereocenters. The Morgan fingerprint density at radius 2 is 1.61 bits per heavy atom. The van der Waals surface area contributed by atoms with Gasteiger partial charge in [0.15, 0.2) is 0 Å². The predicted octanol–water partition coefficient (Wildman–Crippen LogP) is 4.06. The molecule has 0 spiro atoms. The third-order valence-electron chi connectivity index (χ3n) is 6.72. The van der Waals surface area contributed by atoms with Crippen molar-refractivity contribution in [3.63, 3.8) is 0 Å². The first kappa shape index (κ1) is 25.7. The number of carbonyl (C=O) groups excluding carboxylic acids is 1. The minimum absolute atomic E-state index is 0.0851. The van der Waals surface area contributed by atoms with E-state index in [0.29, 0.717) is 31.2 Å². The molecule has 1 amide bonds. The van der Waals surface area contributed by atoms with Crippen LogP contribution in [0.3, 0.4) is 0 Å². The van der Waals surface area contributed by atoms with E-state index < -0.39 is 10.0 Å². The maximum Gasteiger partial charge on any atom is 0.264 e. The van der Waals surface area contributed by atoms with E-state index in [1.54, 1.807) is 24.3 Å². The number of ether oxygens (including phenoxy) is 2. The molecule has 1 aliphatic rings. The summed E-state index contributed by atoms with van der Waals surface area (Å²) in [5, 5.41) is 3.02. The van der Waals surface area contributed by atoms with Gasteiger partial charge in [0.25, 0.3) is 10.0 Å². The van der Waals surface area contributed by atoms with Crippen LogP contribution >= 0.6 is 0 Å². The van der Waals surface area contributed by atoms with Crippen molar-refractivity contribution < 1.29 is 22.7 Å². The molecule has 4 rings (SSSR count). The number of carbonyl (C=O) groups is 1. The van der Waals surface area contributed by atoms with Gasteiger partial charge in [0.05, 0.1) is 17.7 Å². The fourth-order valence-corrected chi connectivity index (χ4v) is 5.90. The average Bonchev–Trinajstić information content (AvgIpc) is 2.92. The molecule has 7 nitrogen and oxygen atoms in total. The number of nitrogens with zero attached hydrogens (tertiary/aromatic N) is 1. The lowest BCUT2D eigenvalue weighted by atomic mass is 9.74. The smallest absolute Gasteiger partial charge is 0.264 e. The normalized spacial score (nSPS) is 15.2. The highest BCUT2D eigenvalue weighted by Crippen LogP contribution is 2.34. The van der Waals surface area contributed by atoms with Gasteiger partial charge in [-0.2, -0.15) is 0 Å². The minimum atomic E-state index is -4.00. The molecule has 1 N–H and O–H groups in total. The van der Waals surface area contributed by atoms with Crippen LogP contribution < -0.4 is 14.4 Å². The Morgan fingerprint density at radius 1 is 0.972 bits per heavy atom. The van der Waals surface area contributed by atoms with Gasteiger partial charge in [0.2, 0.25) is 5.91 Å². The number of hydrogen-bond donors (Lipinski definition) is 1. The van der Waals surface area contributed by atoms with E-state index in [1.165, 1.54) is 19.2 Å².